The fraction of sp³-hybridized carbons (Fsp3) is 0.250. The summed E-state index contributed by atoms with van der Waals surface area (Å²) in [4.78, 5) is 46.9. The molecule has 0 bridgehead atoms. The van der Waals surface area contributed by atoms with E-state index in [0.717, 1.165) is 42.8 Å². The van der Waals surface area contributed by atoms with Gasteiger partial charge in [-0.1, -0.05) is 0 Å². The van der Waals surface area contributed by atoms with Crippen molar-refractivity contribution in [1.29, 1.82) is 0 Å². The van der Waals surface area contributed by atoms with Gasteiger partial charge in [0.05, 0.1) is 18.3 Å². The summed E-state index contributed by atoms with van der Waals surface area (Å²) in [6.45, 7) is 3.73. The van der Waals surface area contributed by atoms with Gasteiger partial charge in [0.2, 0.25) is 0 Å². The Morgan fingerprint density at radius 2 is 1.76 bits per heavy atom. The average Bonchev–Trinajstić information content (AvgIpc) is 3.35. The number of carbonyl (C=O) groups is 2. The molecule has 34 heavy (non-hydrogen) atoms. The Morgan fingerprint density at radius 1 is 0.971 bits per heavy atom. The maximum absolute atomic E-state index is 13.0. The molecule has 1 amide bonds. The number of anilines is 1. The minimum atomic E-state index is -0.513. The molecule has 0 radical (unpaired) electrons. The van der Waals surface area contributed by atoms with Crippen molar-refractivity contribution in [3.8, 4) is 10.7 Å². The lowest BCUT2D eigenvalue weighted by atomic mass is 10.1. The van der Waals surface area contributed by atoms with Crippen molar-refractivity contribution in [2.75, 3.05) is 38.1 Å². The van der Waals surface area contributed by atoms with Gasteiger partial charge in [-0.3, -0.25) is 19.6 Å². The Kier molecular flexibility index (Phi) is 5.99. The van der Waals surface area contributed by atoms with E-state index in [2.05, 4.69) is 36.8 Å². The molecule has 2 N–H and O–H groups in total. The first-order chi connectivity index (χ1) is 16.5. The minimum Gasteiger partial charge on any atom is -0.365 e. The number of likely N-dealkylation sites (N-methyl/N-ethyl adjacent to an activating group) is 1. The highest BCUT2D eigenvalue weighted by Gasteiger charge is 2.17. The largest absolute Gasteiger partial charge is 0.365 e. The number of nitrogens with zero attached hydrogens (tertiary/aromatic N) is 6. The van der Waals surface area contributed by atoms with Crippen molar-refractivity contribution in [3.63, 3.8) is 0 Å². The smallest absolute Gasteiger partial charge is 0.260 e. The molecule has 1 fully saturated rings. The second-order valence-corrected chi connectivity index (χ2v) is 9.31. The number of pyridine rings is 3. The quantitative estimate of drug-likeness (QED) is 0.424. The van der Waals surface area contributed by atoms with Crippen LogP contribution in [0.4, 0.5) is 5.82 Å². The molecule has 0 aromatic carbocycles. The van der Waals surface area contributed by atoms with Crippen LogP contribution in [-0.4, -0.2) is 69.8 Å². The van der Waals surface area contributed by atoms with Crippen LogP contribution >= 0.6 is 11.3 Å². The molecule has 172 valence electrons. The number of piperazine rings is 1. The number of fused-ring (bicyclic) bond motifs is 1. The fourth-order valence-corrected chi connectivity index (χ4v) is 4.61. The Balaban J connectivity index is 1.35. The monoisotopic (exact) mass is 473 g/mol. The third-order valence-electron chi connectivity index (χ3n) is 5.86. The van der Waals surface area contributed by atoms with Crippen LogP contribution in [0.3, 0.4) is 0 Å². The Morgan fingerprint density at radius 3 is 2.53 bits per heavy atom. The van der Waals surface area contributed by atoms with E-state index in [4.69, 9.17) is 5.73 Å². The third-order valence-corrected chi connectivity index (χ3v) is 6.90. The highest BCUT2D eigenvalue weighted by atomic mass is 32.1. The van der Waals surface area contributed by atoms with E-state index < -0.39 is 5.91 Å². The molecule has 0 spiro atoms. The average molecular weight is 474 g/mol. The SMILES string of the molecule is CN1CCN(c2cc(C(=O)Cc3cc4cc(-c5ncc(C(N)=O)s5)ncc4cn3)ccn2)CC1. The summed E-state index contributed by atoms with van der Waals surface area (Å²) >= 11 is 1.20. The molecule has 0 saturated carbocycles. The first-order valence-electron chi connectivity index (χ1n) is 10.9. The van der Waals surface area contributed by atoms with Gasteiger partial charge in [0, 0.05) is 61.4 Å². The van der Waals surface area contributed by atoms with E-state index in [-0.39, 0.29) is 12.2 Å². The summed E-state index contributed by atoms with van der Waals surface area (Å²) in [7, 11) is 2.11. The molecular weight excluding hydrogens is 450 g/mol. The first kappa shape index (κ1) is 22.1. The lowest BCUT2D eigenvalue weighted by Gasteiger charge is -2.33. The zero-order valence-electron chi connectivity index (χ0n) is 18.6. The maximum atomic E-state index is 13.0. The number of hydrogen-bond acceptors (Lipinski definition) is 9. The van der Waals surface area contributed by atoms with Gasteiger partial charge >= 0.3 is 0 Å². The third kappa shape index (κ3) is 4.63. The summed E-state index contributed by atoms with van der Waals surface area (Å²) in [5.74, 6) is 0.311. The molecule has 10 heteroatoms. The van der Waals surface area contributed by atoms with Crippen molar-refractivity contribution < 1.29 is 9.59 Å². The van der Waals surface area contributed by atoms with Crippen molar-refractivity contribution in [1.82, 2.24) is 24.8 Å². The molecule has 0 aliphatic carbocycles. The van der Waals surface area contributed by atoms with Gasteiger partial charge in [0.25, 0.3) is 5.91 Å². The highest BCUT2D eigenvalue weighted by molar-refractivity contribution is 7.16. The normalized spacial score (nSPS) is 14.4. The number of carbonyl (C=O) groups excluding carboxylic acids is 2. The Bertz CT molecular complexity index is 1380. The molecule has 1 saturated heterocycles. The molecule has 5 heterocycles. The molecule has 1 aliphatic heterocycles. The number of nitrogens with two attached hydrogens (primary N) is 1. The van der Waals surface area contributed by atoms with Crippen LogP contribution in [0.25, 0.3) is 21.5 Å². The van der Waals surface area contributed by atoms with E-state index in [1.165, 1.54) is 17.5 Å². The number of aromatic nitrogens is 4. The summed E-state index contributed by atoms with van der Waals surface area (Å²) in [5.41, 5.74) is 7.27. The highest BCUT2D eigenvalue weighted by Crippen LogP contribution is 2.26. The van der Waals surface area contributed by atoms with Crippen molar-refractivity contribution >= 4 is 39.6 Å². The number of amides is 1. The Hall–Kier alpha value is -3.76. The van der Waals surface area contributed by atoms with E-state index in [1.807, 2.05) is 18.2 Å². The van der Waals surface area contributed by atoms with Crippen LogP contribution in [0, 0.1) is 0 Å². The Labute approximate surface area is 200 Å². The number of primary amides is 1. The molecule has 0 unspecified atom stereocenters. The minimum absolute atomic E-state index is 0.00932. The predicted molar refractivity (Wildman–Crippen MR) is 131 cm³/mol. The fourth-order valence-electron chi connectivity index (χ4n) is 3.87. The van der Waals surface area contributed by atoms with E-state index >= 15 is 0 Å². The molecule has 9 nitrogen and oxygen atoms in total. The van der Waals surface area contributed by atoms with Gasteiger partial charge in [-0.2, -0.15) is 0 Å². The summed E-state index contributed by atoms with van der Waals surface area (Å²) < 4.78 is 0. The number of rotatable bonds is 6. The molecule has 5 rings (SSSR count). The van der Waals surface area contributed by atoms with Gasteiger partial charge in [0.15, 0.2) is 5.78 Å². The summed E-state index contributed by atoms with van der Waals surface area (Å²) in [6, 6.07) is 7.40. The number of ketones is 1. The van der Waals surface area contributed by atoms with Gasteiger partial charge < -0.3 is 15.5 Å². The number of Topliss-reactive ketones (excluding diaryl/α,β-unsaturated/α-hetero) is 1. The van der Waals surface area contributed by atoms with E-state index in [9.17, 15) is 9.59 Å². The van der Waals surface area contributed by atoms with Gasteiger partial charge in [0.1, 0.15) is 15.7 Å². The van der Waals surface area contributed by atoms with Crippen LogP contribution in [0.2, 0.25) is 0 Å². The zero-order valence-corrected chi connectivity index (χ0v) is 19.5. The predicted octanol–water partition coefficient (Wildman–Crippen LogP) is 2.42. The molecule has 0 atom stereocenters. The topological polar surface area (TPSA) is 118 Å². The second kappa shape index (κ2) is 9.24. The maximum Gasteiger partial charge on any atom is 0.260 e. The van der Waals surface area contributed by atoms with Crippen LogP contribution in [0.1, 0.15) is 25.7 Å². The van der Waals surface area contributed by atoms with Crippen molar-refractivity contribution in [2.24, 2.45) is 5.73 Å². The van der Waals surface area contributed by atoms with E-state index in [1.54, 1.807) is 24.7 Å². The van der Waals surface area contributed by atoms with Crippen LogP contribution in [0.5, 0.6) is 0 Å². The molecule has 1 aliphatic rings. The summed E-state index contributed by atoms with van der Waals surface area (Å²) in [5, 5.41) is 2.36. The second-order valence-electron chi connectivity index (χ2n) is 8.28. The standard InChI is InChI=1S/C24H23N7O2S/c1-30-4-6-31(7-5-30)22-10-15(2-3-26-22)20(32)11-18-8-16-9-19(28-13-17(16)12-27-18)24-29-14-21(34-24)23(25)33/h2-3,8-10,12-14H,4-7,11H2,1H3,(H2,25,33). The van der Waals surface area contributed by atoms with Gasteiger partial charge in [-0.05, 0) is 36.7 Å². The van der Waals surface area contributed by atoms with Gasteiger partial charge in [-0.25, -0.2) is 9.97 Å². The van der Waals surface area contributed by atoms with Crippen LogP contribution in [0.15, 0.2) is 49.1 Å². The number of hydrogen-bond donors (Lipinski definition) is 1. The number of thiazole rings is 1. The molecule has 4 aromatic rings. The van der Waals surface area contributed by atoms with E-state index in [0.29, 0.717) is 26.8 Å². The summed E-state index contributed by atoms with van der Waals surface area (Å²) in [6.07, 6.45) is 6.76. The van der Waals surface area contributed by atoms with Crippen molar-refractivity contribution in [2.45, 2.75) is 6.42 Å². The zero-order chi connectivity index (χ0) is 23.7. The van der Waals surface area contributed by atoms with Crippen LogP contribution < -0.4 is 10.6 Å². The molecule has 4 aromatic heterocycles. The lowest BCUT2D eigenvalue weighted by Crippen LogP contribution is -2.44. The van der Waals surface area contributed by atoms with Gasteiger partial charge in [-0.15, -0.1) is 11.3 Å². The van der Waals surface area contributed by atoms with Crippen LogP contribution in [-0.2, 0) is 6.42 Å². The lowest BCUT2D eigenvalue weighted by molar-refractivity contribution is 0.0987. The first-order valence-corrected chi connectivity index (χ1v) is 11.7. The van der Waals surface area contributed by atoms with Crippen molar-refractivity contribution in [3.05, 3.63) is 65.2 Å². The molecular formula is C24H23N7O2S.